The minimum atomic E-state index is -0.0522. The number of ether oxygens (including phenoxy) is 1. The zero-order chi connectivity index (χ0) is 11.4. The lowest BCUT2D eigenvalue weighted by atomic mass is 10.1. The molecule has 0 aliphatic rings. The SMILES string of the molecule is C=CC(C)Oc1ccc([C@@H](C)N)cc1Cl. The normalized spacial score (nSPS) is 14.4. The van der Waals surface area contributed by atoms with Crippen molar-refractivity contribution < 1.29 is 4.74 Å². The van der Waals surface area contributed by atoms with Gasteiger partial charge in [0.25, 0.3) is 0 Å². The molecule has 1 aromatic carbocycles. The van der Waals surface area contributed by atoms with Crippen molar-refractivity contribution in [1.82, 2.24) is 0 Å². The lowest BCUT2D eigenvalue weighted by molar-refractivity contribution is 0.270. The molecule has 0 aliphatic heterocycles. The van der Waals surface area contributed by atoms with E-state index < -0.39 is 0 Å². The van der Waals surface area contributed by atoms with Gasteiger partial charge in [0.05, 0.1) is 5.02 Å². The summed E-state index contributed by atoms with van der Waals surface area (Å²) in [6, 6.07) is 5.56. The van der Waals surface area contributed by atoms with Crippen molar-refractivity contribution >= 4 is 11.6 Å². The van der Waals surface area contributed by atoms with Gasteiger partial charge in [-0.05, 0) is 31.5 Å². The van der Waals surface area contributed by atoms with Crippen molar-refractivity contribution in [2.45, 2.75) is 26.0 Å². The average Bonchev–Trinajstić information content (AvgIpc) is 2.20. The second-order valence-corrected chi connectivity index (χ2v) is 3.94. The van der Waals surface area contributed by atoms with Gasteiger partial charge in [0.15, 0.2) is 0 Å². The Bertz CT molecular complexity index is 349. The van der Waals surface area contributed by atoms with E-state index in [2.05, 4.69) is 6.58 Å². The summed E-state index contributed by atoms with van der Waals surface area (Å²) in [5.74, 6) is 0.661. The first-order valence-electron chi connectivity index (χ1n) is 4.89. The highest BCUT2D eigenvalue weighted by Crippen LogP contribution is 2.28. The van der Waals surface area contributed by atoms with Crippen molar-refractivity contribution in [2.24, 2.45) is 5.73 Å². The summed E-state index contributed by atoms with van der Waals surface area (Å²) in [5, 5.41) is 0.582. The van der Waals surface area contributed by atoms with E-state index in [1.54, 1.807) is 6.08 Å². The molecule has 0 fully saturated rings. The molecule has 2 atom stereocenters. The minimum absolute atomic E-state index is 0.0200. The maximum absolute atomic E-state index is 6.06. The maximum Gasteiger partial charge on any atom is 0.138 e. The van der Waals surface area contributed by atoms with Crippen LogP contribution in [0.4, 0.5) is 0 Å². The highest BCUT2D eigenvalue weighted by atomic mass is 35.5. The third-order valence-corrected chi connectivity index (χ3v) is 2.42. The van der Waals surface area contributed by atoms with E-state index in [-0.39, 0.29) is 12.1 Å². The van der Waals surface area contributed by atoms with Gasteiger partial charge in [-0.1, -0.05) is 30.3 Å². The topological polar surface area (TPSA) is 35.2 Å². The Kier molecular flexibility index (Phi) is 4.18. The van der Waals surface area contributed by atoms with Gasteiger partial charge in [0, 0.05) is 6.04 Å². The first kappa shape index (κ1) is 12.1. The number of halogens is 1. The van der Waals surface area contributed by atoms with E-state index in [0.717, 1.165) is 5.56 Å². The second kappa shape index (κ2) is 5.19. The van der Waals surface area contributed by atoms with Crippen molar-refractivity contribution in [3.8, 4) is 5.75 Å². The first-order valence-corrected chi connectivity index (χ1v) is 5.26. The van der Waals surface area contributed by atoms with Crippen LogP contribution < -0.4 is 10.5 Å². The van der Waals surface area contributed by atoms with Crippen molar-refractivity contribution in [3.63, 3.8) is 0 Å². The highest BCUT2D eigenvalue weighted by molar-refractivity contribution is 6.32. The Morgan fingerprint density at radius 3 is 2.60 bits per heavy atom. The van der Waals surface area contributed by atoms with E-state index >= 15 is 0 Å². The average molecular weight is 226 g/mol. The van der Waals surface area contributed by atoms with Crippen LogP contribution in [-0.2, 0) is 0 Å². The highest BCUT2D eigenvalue weighted by Gasteiger charge is 2.07. The number of hydrogen-bond donors (Lipinski definition) is 1. The monoisotopic (exact) mass is 225 g/mol. The predicted molar refractivity (Wildman–Crippen MR) is 64.3 cm³/mol. The number of benzene rings is 1. The molecule has 0 bridgehead atoms. The smallest absolute Gasteiger partial charge is 0.138 e. The standard InChI is InChI=1S/C12H16ClNO/c1-4-8(2)15-12-6-5-10(9(3)14)7-11(12)13/h4-9H,1,14H2,2-3H3/t8?,9-/m1/s1. The van der Waals surface area contributed by atoms with Crippen LogP contribution in [-0.4, -0.2) is 6.10 Å². The van der Waals surface area contributed by atoms with Crippen molar-refractivity contribution in [2.75, 3.05) is 0 Å². The van der Waals surface area contributed by atoms with E-state index in [0.29, 0.717) is 10.8 Å². The summed E-state index contributed by atoms with van der Waals surface area (Å²) >= 11 is 6.06. The summed E-state index contributed by atoms with van der Waals surface area (Å²) in [6.45, 7) is 7.46. The van der Waals surface area contributed by atoms with E-state index in [1.807, 2.05) is 32.0 Å². The second-order valence-electron chi connectivity index (χ2n) is 3.54. The fourth-order valence-electron chi connectivity index (χ4n) is 1.14. The summed E-state index contributed by atoms with van der Waals surface area (Å²) in [5.41, 5.74) is 6.74. The fourth-order valence-corrected chi connectivity index (χ4v) is 1.38. The Hall–Kier alpha value is -0.990. The quantitative estimate of drug-likeness (QED) is 0.798. The van der Waals surface area contributed by atoms with Gasteiger partial charge in [-0.25, -0.2) is 0 Å². The molecule has 0 spiro atoms. The lowest BCUT2D eigenvalue weighted by Crippen LogP contribution is -2.09. The fraction of sp³-hybridized carbons (Fsp3) is 0.333. The molecule has 0 saturated carbocycles. The van der Waals surface area contributed by atoms with Crippen LogP contribution in [0.2, 0.25) is 5.02 Å². The van der Waals surface area contributed by atoms with Crippen molar-refractivity contribution in [1.29, 1.82) is 0 Å². The molecule has 0 amide bonds. The Morgan fingerprint density at radius 2 is 2.13 bits per heavy atom. The molecule has 1 unspecified atom stereocenters. The predicted octanol–water partition coefficient (Wildman–Crippen LogP) is 3.31. The van der Waals surface area contributed by atoms with E-state index in [1.165, 1.54) is 0 Å². The molecule has 0 radical (unpaired) electrons. The Labute approximate surface area is 95.7 Å². The molecule has 2 nitrogen and oxygen atoms in total. The molecule has 0 heterocycles. The molecule has 1 rings (SSSR count). The number of nitrogens with two attached hydrogens (primary N) is 1. The van der Waals surface area contributed by atoms with Gasteiger partial charge in [-0.2, -0.15) is 0 Å². The van der Waals surface area contributed by atoms with E-state index in [4.69, 9.17) is 22.1 Å². The molecular weight excluding hydrogens is 210 g/mol. The zero-order valence-corrected chi connectivity index (χ0v) is 9.79. The van der Waals surface area contributed by atoms with Gasteiger partial charge >= 0.3 is 0 Å². The largest absolute Gasteiger partial charge is 0.485 e. The molecule has 2 N–H and O–H groups in total. The van der Waals surface area contributed by atoms with Gasteiger partial charge in [-0.3, -0.25) is 0 Å². The molecule has 0 saturated heterocycles. The summed E-state index contributed by atoms with van der Waals surface area (Å²) in [7, 11) is 0. The molecule has 3 heteroatoms. The van der Waals surface area contributed by atoms with Crippen LogP contribution in [0.3, 0.4) is 0 Å². The third-order valence-electron chi connectivity index (χ3n) is 2.13. The van der Waals surface area contributed by atoms with Crippen LogP contribution in [0, 0.1) is 0 Å². The summed E-state index contributed by atoms with van der Waals surface area (Å²) < 4.78 is 5.54. The van der Waals surface area contributed by atoms with E-state index in [9.17, 15) is 0 Å². The minimum Gasteiger partial charge on any atom is -0.485 e. The number of hydrogen-bond acceptors (Lipinski definition) is 2. The molecule has 0 aliphatic carbocycles. The lowest BCUT2D eigenvalue weighted by Gasteiger charge is -2.13. The van der Waals surface area contributed by atoms with Crippen LogP contribution >= 0.6 is 11.6 Å². The number of rotatable bonds is 4. The third kappa shape index (κ3) is 3.26. The van der Waals surface area contributed by atoms with Gasteiger partial charge in [0.2, 0.25) is 0 Å². The Balaban J connectivity index is 2.88. The molecule has 82 valence electrons. The Morgan fingerprint density at radius 1 is 1.47 bits per heavy atom. The maximum atomic E-state index is 6.06. The van der Waals surface area contributed by atoms with Crippen molar-refractivity contribution in [3.05, 3.63) is 41.4 Å². The summed E-state index contributed by atoms with van der Waals surface area (Å²) in [6.07, 6.45) is 1.67. The molecule has 15 heavy (non-hydrogen) atoms. The first-order chi connectivity index (χ1) is 7.04. The molecular formula is C12H16ClNO. The zero-order valence-electron chi connectivity index (χ0n) is 9.03. The van der Waals surface area contributed by atoms with Crippen LogP contribution in [0.5, 0.6) is 5.75 Å². The van der Waals surface area contributed by atoms with Gasteiger partial charge < -0.3 is 10.5 Å². The molecule has 1 aromatic rings. The van der Waals surface area contributed by atoms with Crippen LogP contribution in [0.15, 0.2) is 30.9 Å². The van der Waals surface area contributed by atoms with Gasteiger partial charge in [-0.15, -0.1) is 0 Å². The molecule has 0 aromatic heterocycles. The summed E-state index contributed by atoms with van der Waals surface area (Å²) in [4.78, 5) is 0. The van der Waals surface area contributed by atoms with Crippen LogP contribution in [0.25, 0.3) is 0 Å². The van der Waals surface area contributed by atoms with Gasteiger partial charge in [0.1, 0.15) is 11.9 Å². The van der Waals surface area contributed by atoms with Crippen LogP contribution in [0.1, 0.15) is 25.5 Å².